The van der Waals surface area contributed by atoms with Crippen LogP contribution in [0.3, 0.4) is 0 Å². The maximum atomic E-state index is 13.3. The van der Waals surface area contributed by atoms with Gasteiger partial charge in [0.25, 0.3) is 5.91 Å². The van der Waals surface area contributed by atoms with Crippen LogP contribution in [0.4, 0.5) is 0 Å². The zero-order valence-electron chi connectivity index (χ0n) is 17.0. The highest BCUT2D eigenvalue weighted by Gasteiger charge is 2.30. The first kappa shape index (κ1) is 19.9. The van der Waals surface area contributed by atoms with Crippen molar-refractivity contribution in [2.45, 2.75) is 26.3 Å². The van der Waals surface area contributed by atoms with Crippen molar-refractivity contribution in [3.8, 4) is 11.3 Å². The van der Waals surface area contributed by atoms with Gasteiger partial charge in [0.05, 0.1) is 30.0 Å². The molecule has 1 aliphatic rings. The summed E-state index contributed by atoms with van der Waals surface area (Å²) in [6.45, 7) is 3.43. The van der Waals surface area contributed by atoms with Gasteiger partial charge < -0.3 is 14.6 Å². The van der Waals surface area contributed by atoms with Crippen LogP contribution >= 0.6 is 0 Å². The number of pyridine rings is 1. The fourth-order valence-corrected chi connectivity index (χ4v) is 3.80. The van der Waals surface area contributed by atoms with Gasteiger partial charge in [-0.05, 0) is 44.0 Å². The van der Waals surface area contributed by atoms with E-state index in [1.165, 1.54) is 0 Å². The zero-order chi connectivity index (χ0) is 20.9. The Labute approximate surface area is 175 Å². The van der Waals surface area contributed by atoms with Crippen LogP contribution in [0.15, 0.2) is 65.4 Å². The highest BCUT2D eigenvalue weighted by molar-refractivity contribution is 6.00. The van der Waals surface area contributed by atoms with Gasteiger partial charge >= 0.3 is 0 Å². The molecule has 0 aliphatic carbocycles. The van der Waals surface area contributed by atoms with Crippen molar-refractivity contribution in [3.05, 3.63) is 77.9 Å². The Morgan fingerprint density at radius 2 is 2.00 bits per heavy atom. The normalized spacial score (nSPS) is 16.3. The maximum absolute atomic E-state index is 13.3. The monoisotopic (exact) mass is 403 g/mol. The molecule has 3 heterocycles. The molecule has 0 spiro atoms. The summed E-state index contributed by atoms with van der Waals surface area (Å²) < 4.78 is 5.26. The molecule has 1 N–H and O–H groups in total. The van der Waals surface area contributed by atoms with Crippen LogP contribution in [0.5, 0.6) is 0 Å². The average molecular weight is 403 g/mol. The van der Waals surface area contributed by atoms with Crippen molar-refractivity contribution in [3.63, 3.8) is 0 Å². The van der Waals surface area contributed by atoms with Crippen LogP contribution < -0.4 is 5.32 Å². The predicted octanol–water partition coefficient (Wildman–Crippen LogP) is 3.82. The molecule has 2 aromatic heterocycles. The van der Waals surface area contributed by atoms with Crippen LogP contribution in [-0.4, -0.2) is 34.8 Å². The molecule has 1 aliphatic heterocycles. The van der Waals surface area contributed by atoms with Crippen molar-refractivity contribution in [2.75, 3.05) is 13.1 Å². The van der Waals surface area contributed by atoms with Crippen LogP contribution in [0.1, 0.15) is 34.5 Å². The second-order valence-electron chi connectivity index (χ2n) is 7.65. The molecule has 0 bridgehead atoms. The molecule has 1 aromatic carbocycles. The smallest absolute Gasteiger partial charge is 0.256 e. The fraction of sp³-hybridized carbons (Fsp3) is 0.292. The van der Waals surface area contributed by atoms with E-state index in [4.69, 9.17) is 4.42 Å². The number of nitrogens with zero attached hydrogens (tertiary/aromatic N) is 2. The third-order valence-corrected chi connectivity index (χ3v) is 5.46. The predicted molar refractivity (Wildman–Crippen MR) is 114 cm³/mol. The SMILES string of the molecule is Cc1ccc(-c2ncccc2C(=O)N2CCC[C@H](C(=O)NCc3ccco3)C2)cc1. The molecule has 3 aromatic rings. The molecular formula is C24H25N3O3. The molecule has 1 fully saturated rings. The molecule has 30 heavy (non-hydrogen) atoms. The van der Waals surface area contributed by atoms with Crippen LogP contribution in [0.2, 0.25) is 0 Å². The Balaban J connectivity index is 1.47. The van der Waals surface area contributed by atoms with Gasteiger partial charge in [-0.25, -0.2) is 0 Å². The number of carbonyl (C=O) groups excluding carboxylic acids is 2. The minimum Gasteiger partial charge on any atom is -0.467 e. The van der Waals surface area contributed by atoms with E-state index in [1.807, 2.05) is 43.3 Å². The van der Waals surface area contributed by atoms with Gasteiger partial charge in [-0.15, -0.1) is 0 Å². The molecule has 6 nitrogen and oxygen atoms in total. The van der Waals surface area contributed by atoms with Crippen LogP contribution in [0, 0.1) is 12.8 Å². The number of hydrogen-bond donors (Lipinski definition) is 1. The number of amides is 2. The third-order valence-electron chi connectivity index (χ3n) is 5.46. The number of aryl methyl sites for hydroxylation is 1. The second-order valence-corrected chi connectivity index (χ2v) is 7.65. The number of nitrogens with one attached hydrogen (secondary N) is 1. The number of aromatic nitrogens is 1. The van der Waals surface area contributed by atoms with E-state index in [2.05, 4.69) is 10.3 Å². The molecule has 4 rings (SSSR count). The lowest BCUT2D eigenvalue weighted by Gasteiger charge is -2.32. The summed E-state index contributed by atoms with van der Waals surface area (Å²) in [5, 5.41) is 2.91. The summed E-state index contributed by atoms with van der Waals surface area (Å²) in [6.07, 6.45) is 4.85. The first-order valence-electron chi connectivity index (χ1n) is 10.2. The van der Waals surface area contributed by atoms with E-state index in [-0.39, 0.29) is 17.7 Å². The molecule has 0 unspecified atom stereocenters. The summed E-state index contributed by atoms with van der Waals surface area (Å²) in [5.41, 5.74) is 3.31. The van der Waals surface area contributed by atoms with Crippen molar-refractivity contribution in [1.29, 1.82) is 0 Å². The molecule has 6 heteroatoms. The van der Waals surface area contributed by atoms with Crippen LogP contribution in [-0.2, 0) is 11.3 Å². The van der Waals surface area contributed by atoms with Gasteiger partial charge in [0.1, 0.15) is 5.76 Å². The Morgan fingerprint density at radius 3 is 2.77 bits per heavy atom. The molecule has 154 valence electrons. The van der Waals surface area contributed by atoms with Gasteiger partial charge in [0.15, 0.2) is 0 Å². The number of benzene rings is 1. The molecule has 1 atom stereocenters. The third kappa shape index (κ3) is 4.43. The van der Waals surface area contributed by atoms with Crippen molar-refractivity contribution in [1.82, 2.24) is 15.2 Å². The van der Waals surface area contributed by atoms with Crippen molar-refractivity contribution in [2.24, 2.45) is 5.92 Å². The Hall–Kier alpha value is -3.41. The van der Waals surface area contributed by atoms with E-state index >= 15 is 0 Å². The van der Waals surface area contributed by atoms with E-state index in [1.54, 1.807) is 29.5 Å². The van der Waals surface area contributed by atoms with Gasteiger partial charge in [-0.1, -0.05) is 29.8 Å². The van der Waals surface area contributed by atoms with Gasteiger partial charge in [0, 0.05) is 24.8 Å². The summed E-state index contributed by atoms with van der Waals surface area (Å²) in [5.74, 6) is 0.360. The number of furan rings is 1. The average Bonchev–Trinajstić information content (AvgIpc) is 3.31. The standard InChI is InChI=1S/C24H25N3O3/c1-17-8-10-18(11-9-17)22-21(7-2-12-25-22)24(29)27-13-3-5-19(16-27)23(28)26-15-20-6-4-14-30-20/h2,4,6-12,14,19H,3,5,13,15-16H2,1H3,(H,26,28)/t19-/m0/s1. The lowest BCUT2D eigenvalue weighted by atomic mass is 9.95. The molecule has 0 radical (unpaired) electrons. The first-order chi connectivity index (χ1) is 14.6. The van der Waals surface area contributed by atoms with E-state index in [9.17, 15) is 9.59 Å². The highest BCUT2D eigenvalue weighted by Crippen LogP contribution is 2.25. The minimum atomic E-state index is -0.225. The van der Waals surface area contributed by atoms with E-state index < -0.39 is 0 Å². The Bertz CT molecular complexity index is 1010. The van der Waals surface area contributed by atoms with Gasteiger partial charge in [-0.2, -0.15) is 0 Å². The van der Waals surface area contributed by atoms with Crippen molar-refractivity contribution >= 4 is 11.8 Å². The summed E-state index contributed by atoms with van der Waals surface area (Å²) in [7, 11) is 0. The van der Waals surface area contributed by atoms with Gasteiger partial charge in [-0.3, -0.25) is 14.6 Å². The second kappa shape index (κ2) is 8.95. The largest absolute Gasteiger partial charge is 0.467 e. The van der Waals surface area contributed by atoms with Crippen LogP contribution in [0.25, 0.3) is 11.3 Å². The fourth-order valence-electron chi connectivity index (χ4n) is 3.80. The number of piperidine rings is 1. The highest BCUT2D eigenvalue weighted by atomic mass is 16.3. The van der Waals surface area contributed by atoms with Crippen molar-refractivity contribution < 1.29 is 14.0 Å². The summed E-state index contributed by atoms with van der Waals surface area (Å²) >= 11 is 0. The Kier molecular flexibility index (Phi) is 5.93. The summed E-state index contributed by atoms with van der Waals surface area (Å²) in [6, 6.07) is 15.2. The number of carbonyl (C=O) groups is 2. The Morgan fingerprint density at radius 1 is 1.17 bits per heavy atom. The number of hydrogen-bond acceptors (Lipinski definition) is 4. The number of rotatable bonds is 5. The van der Waals surface area contributed by atoms with E-state index in [0.717, 1.165) is 24.0 Å². The quantitative estimate of drug-likeness (QED) is 0.703. The lowest BCUT2D eigenvalue weighted by Crippen LogP contribution is -2.45. The first-order valence-corrected chi connectivity index (χ1v) is 10.2. The molecule has 1 saturated heterocycles. The summed E-state index contributed by atoms with van der Waals surface area (Å²) in [4.78, 5) is 32.2. The van der Waals surface area contributed by atoms with Gasteiger partial charge in [0.2, 0.25) is 5.91 Å². The molecular weight excluding hydrogens is 378 g/mol. The van der Waals surface area contributed by atoms with E-state index in [0.29, 0.717) is 36.7 Å². The molecule has 2 amide bonds. The zero-order valence-corrected chi connectivity index (χ0v) is 17.0. The number of likely N-dealkylation sites (tertiary alicyclic amines) is 1. The minimum absolute atomic E-state index is 0.0474. The maximum Gasteiger partial charge on any atom is 0.256 e. The molecule has 0 saturated carbocycles. The lowest BCUT2D eigenvalue weighted by molar-refractivity contribution is -0.126. The topological polar surface area (TPSA) is 75.4 Å².